The van der Waals surface area contributed by atoms with E-state index < -0.39 is 6.10 Å². The molecular weight excluding hydrogens is 284 g/mol. The molecular formula is C15H16N4O3. The number of aliphatic hydroxyl groups excluding tert-OH is 1. The largest absolute Gasteiger partial charge is 0.439 e. The Labute approximate surface area is 126 Å². The summed E-state index contributed by atoms with van der Waals surface area (Å²) in [7, 11) is 0. The molecule has 7 heteroatoms. The number of benzene rings is 1. The molecule has 0 spiro atoms. The molecule has 3 heterocycles. The molecule has 0 aliphatic carbocycles. The zero-order chi connectivity index (χ0) is 15.1. The van der Waals surface area contributed by atoms with Crippen molar-refractivity contribution in [1.29, 1.82) is 0 Å². The zero-order valence-corrected chi connectivity index (χ0v) is 12.1. The van der Waals surface area contributed by atoms with Gasteiger partial charge in [0.2, 0.25) is 11.8 Å². The third-order valence-corrected chi connectivity index (χ3v) is 3.89. The van der Waals surface area contributed by atoms with Crippen LogP contribution in [0.4, 0.5) is 0 Å². The monoisotopic (exact) mass is 300 g/mol. The van der Waals surface area contributed by atoms with Gasteiger partial charge in [0.05, 0.1) is 18.7 Å². The summed E-state index contributed by atoms with van der Waals surface area (Å²) in [4.78, 5) is 10.8. The average Bonchev–Trinajstić information content (AvgIpc) is 3.17. The minimum atomic E-state index is -0.415. The van der Waals surface area contributed by atoms with Gasteiger partial charge in [-0.05, 0) is 25.5 Å². The molecule has 1 saturated heterocycles. The molecule has 22 heavy (non-hydrogen) atoms. The first-order chi connectivity index (χ1) is 10.7. The molecule has 1 fully saturated rings. The van der Waals surface area contributed by atoms with Crippen LogP contribution in [-0.4, -0.2) is 37.8 Å². The Hall–Kier alpha value is -2.25. The van der Waals surface area contributed by atoms with Crippen LogP contribution in [-0.2, 0) is 6.54 Å². The second kappa shape index (κ2) is 5.19. The van der Waals surface area contributed by atoms with Crippen LogP contribution in [0.1, 0.15) is 30.1 Å². The second-order valence-electron chi connectivity index (χ2n) is 5.59. The first kappa shape index (κ1) is 13.4. The van der Waals surface area contributed by atoms with E-state index in [1.165, 1.54) is 0 Å². The summed E-state index contributed by atoms with van der Waals surface area (Å²) < 4.78 is 11.0. The van der Waals surface area contributed by atoms with Gasteiger partial charge in [0, 0.05) is 6.54 Å². The summed E-state index contributed by atoms with van der Waals surface area (Å²) in [6.45, 7) is 2.81. The fraction of sp³-hybridized carbons (Fsp3) is 0.400. The number of likely N-dealkylation sites (tertiary alicyclic amines) is 1. The third-order valence-electron chi connectivity index (χ3n) is 3.89. The van der Waals surface area contributed by atoms with Crippen molar-refractivity contribution in [3.8, 4) is 0 Å². The van der Waals surface area contributed by atoms with Gasteiger partial charge in [-0.25, -0.2) is 4.98 Å². The van der Waals surface area contributed by atoms with E-state index in [1.54, 1.807) is 6.92 Å². The summed E-state index contributed by atoms with van der Waals surface area (Å²) in [5, 5.41) is 13.8. The Balaban J connectivity index is 1.59. The molecule has 0 bridgehead atoms. The van der Waals surface area contributed by atoms with Gasteiger partial charge < -0.3 is 14.0 Å². The number of para-hydroxylation sites is 2. The second-order valence-corrected chi connectivity index (χ2v) is 5.59. The van der Waals surface area contributed by atoms with Crippen LogP contribution in [0.25, 0.3) is 11.1 Å². The molecule has 4 rings (SSSR count). The number of rotatable bonds is 3. The SMILES string of the molecule is Cc1noc([C@H]2C[C@@H](O)CN2Cc2nc3ccccc3o2)n1. The average molecular weight is 300 g/mol. The third kappa shape index (κ3) is 2.38. The van der Waals surface area contributed by atoms with Gasteiger partial charge in [-0.2, -0.15) is 4.98 Å². The van der Waals surface area contributed by atoms with Crippen molar-refractivity contribution in [1.82, 2.24) is 20.0 Å². The topological polar surface area (TPSA) is 88.4 Å². The first-order valence-corrected chi connectivity index (χ1v) is 7.26. The molecule has 0 amide bonds. The van der Waals surface area contributed by atoms with Gasteiger partial charge >= 0.3 is 0 Å². The highest BCUT2D eigenvalue weighted by Crippen LogP contribution is 2.32. The van der Waals surface area contributed by atoms with Crippen molar-refractivity contribution in [3.05, 3.63) is 41.9 Å². The van der Waals surface area contributed by atoms with Crippen molar-refractivity contribution in [2.75, 3.05) is 6.54 Å². The lowest BCUT2D eigenvalue weighted by atomic mass is 10.2. The number of fused-ring (bicyclic) bond motifs is 1. The van der Waals surface area contributed by atoms with E-state index in [1.807, 2.05) is 24.3 Å². The summed E-state index contributed by atoms with van der Waals surface area (Å²) in [6, 6.07) is 7.55. The Morgan fingerprint density at radius 1 is 1.32 bits per heavy atom. The standard InChI is InChI=1S/C15H16N4O3/c1-9-16-15(22-18-9)12-6-10(20)7-19(12)8-14-17-11-4-2-3-5-13(11)21-14/h2-5,10,12,20H,6-8H2,1H3/t10-,12-/m1/s1. The highest BCUT2D eigenvalue weighted by molar-refractivity contribution is 5.72. The molecule has 2 atom stereocenters. The number of nitrogens with zero attached hydrogens (tertiary/aromatic N) is 4. The number of hydrogen-bond donors (Lipinski definition) is 1. The summed E-state index contributed by atoms with van der Waals surface area (Å²) in [6.07, 6.45) is 0.156. The van der Waals surface area contributed by atoms with Crippen LogP contribution in [0.2, 0.25) is 0 Å². The molecule has 7 nitrogen and oxygen atoms in total. The lowest BCUT2D eigenvalue weighted by Crippen LogP contribution is -2.24. The number of aryl methyl sites for hydroxylation is 1. The summed E-state index contributed by atoms with van der Waals surface area (Å²) in [5.74, 6) is 1.75. The Morgan fingerprint density at radius 2 is 2.18 bits per heavy atom. The summed E-state index contributed by atoms with van der Waals surface area (Å²) >= 11 is 0. The summed E-state index contributed by atoms with van der Waals surface area (Å²) in [5.41, 5.74) is 1.60. The minimum absolute atomic E-state index is 0.105. The van der Waals surface area contributed by atoms with E-state index in [-0.39, 0.29) is 6.04 Å². The van der Waals surface area contributed by atoms with Gasteiger partial charge in [-0.3, -0.25) is 4.90 Å². The van der Waals surface area contributed by atoms with Crippen molar-refractivity contribution < 1.29 is 14.0 Å². The number of aliphatic hydroxyl groups is 1. The smallest absolute Gasteiger partial charge is 0.244 e. The maximum Gasteiger partial charge on any atom is 0.244 e. The molecule has 1 aliphatic rings. The highest BCUT2D eigenvalue weighted by Gasteiger charge is 2.36. The molecule has 2 aromatic heterocycles. The Kier molecular flexibility index (Phi) is 3.16. The number of hydrogen-bond acceptors (Lipinski definition) is 7. The van der Waals surface area contributed by atoms with Gasteiger partial charge in [0.1, 0.15) is 5.52 Å². The number of oxazole rings is 1. The predicted molar refractivity (Wildman–Crippen MR) is 76.8 cm³/mol. The normalized spacial score (nSPS) is 22.6. The van der Waals surface area contributed by atoms with E-state index in [0.29, 0.717) is 37.1 Å². The van der Waals surface area contributed by atoms with Gasteiger partial charge in [-0.1, -0.05) is 17.3 Å². The molecule has 1 N–H and O–H groups in total. The lowest BCUT2D eigenvalue weighted by molar-refractivity contribution is 0.162. The Bertz CT molecular complexity index is 764. The quantitative estimate of drug-likeness (QED) is 0.789. The van der Waals surface area contributed by atoms with E-state index in [9.17, 15) is 5.11 Å². The molecule has 114 valence electrons. The van der Waals surface area contributed by atoms with E-state index >= 15 is 0 Å². The van der Waals surface area contributed by atoms with Crippen molar-refractivity contribution in [2.24, 2.45) is 0 Å². The molecule has 1 aromatic carbocycles. The zero-order valence-electron chi connectivity index (χ0n) is 12.1. The molecule has 3 aromatic rings. The maximum atomic E-state index is 9.97. The molecule has 0 unspecified atom stereocenters. The first-order valence-electron chi connectivity index (χ1n) is 7.26. The fourth-order valence-electron chi connectivity index (χ4n) is 2.92. The van der Waals surface area contributed by atoms with Crippen molar-refractivity contribution >= 4 is 11.1 Å². The maximum absolute atomic E-state index is 9.97. The lowest BCUT2D eigenvalue weighted by Gasteiger charge is -2.18. The predicted octanol–water partition coefficient (Wildman–Crippen LogP) is 1.83. The van der Waals surface area contributed by atoms with Gasteiger partial charge in [-0.15, -0.1) is 0 Å². The molecule has 1 aliphatic heterocycles. The molecule has 0 radical (unpaired) electrons. The van der Waals surface area contributed by atoms with Gasteiger partial charge in [0.15, 0.2) is 11.4 Å². The minimum Gasteiger partial charge on any atom is -0.439 e. The number of β-amino-alcohol motifs (C(OH)–C–C–N with tert-alkyl or cyclic N) is 1. The molecule has 0 saturated carbocycles. The fourth-order valence-corrected chi connectivity index (χ4v) is 2.92. The van der Waals surface area contributed by atoms with E-state index in [0.717, 1.165) is 11.1 Å². The van der Waals surface area contributed by atoms with Crippen molar-refractivity contribution in [3.63, 3.8) is 0 Å². The van der Waals surface area contributed by atoms with Crippen LogP contribution in [0.3, 0.4) is 0 Å². The van der Waals surface area contributed by atoms with E-state index in [4.69, 9.17) is 8.94 Å². The van der Waals surface area contributed by atoms with Crippen LogP contribution in [0.15, 0.2) is 33.2 Å². The van der Waals surface area contributed by atoms with Crippen LogP contribution >= 0.6 is 0 Å². The van der Waals surface area contributed by atoms with Crippen LogP contribution in [0, 0.1) is 6.92 Å². The Morgan fingerprint density at radius 3 is 2.95 bits per heavy atom. The number of aromatic nitrogens is 3. The van der Waals surface area contributed by atoms with E-state index in [2.05, 4.69) is 20.0 Å². The van der Waals surface area contributed by atoms with Crippen LogP contribution in [0.5, 0.6) is 0 Å². The van der Waals surface area contributed by atoms with Crippen molar-refractivity contribution in [2.45, 2.75) is 32.0 Å². The highest BCUT2D eigenvalue weighted by atomic mass is 16.5. The van der Waals surface area contributed by atoms with Gasteiger partial charge in [0.25, 0.3) is 0 Å². The van der Waals surface area contributed by atoms with Crippen LogP contribution < -0.4 is 0 Å².